The van der Waals surface area contributed by atoms with Gasteiger partial charge in [-0.15, -0.1) is 0 Å². The average Bonchev–Trinajstić information content (AvgIpc) is 2.93. The molecule has 1 amide bonds. The molecule has 1 aromatic heterocycles. The molecule has 0 saturated carbocycles. The molecule has 2 rings (SSSR count). The van der Waals surface area contributed by atoms with E-state index in [1.807, 2.05) is 41.9 Å². The highest BCUT2D eigenvalue weighted by molar-refractivity contribution is 5.84. The van der Waals surface area contributed by atoms with Crippen LogP contribution in [-0.4, -0.2) is 38.6 Å². The number of aryl methyl sites for hydroxylation is 1. The summed E-state index contributed by atoms with van der Waals surface area (Å²) in [6.45, 7) is 4.82. The van der Waals surface area contributed by atoms with Crippen LogP contribution in [0.2, 0.25) is 0 Å². The third kappa shape index (κ3) is 4.20. The van der Waals surface area contributed by atoms with Crippen molar-refractivity contribution >= 4 is 5.91 Å². The minimum Gasteiger partial charge on any atom is -0.395 e. The molecular weight excluding hydrogens is 290 g/mol. The number of nitrogens with zero attached hydrogens (tertiary/aromatic N) is 3. The van der Waals surface area contributed by atoms with Gasteiger partial charge in [-0.05, 0) is 11.5 Å². The topological polar surface area (TPSA) is 58.4 Å². The molecule has 2 aromatic rings. The van der Waals surface area contributed by atoms with Crippen LogP contribution in [0.5, 0.6) is 0 Å². The molecule has 5 heteroatoms. The van der Waals surface area contributed by atoms with E-state index in [9.17, 15) is 9.90 Å². The van der Waals surface area contributed by atoms with E-state index < -0.39 is 0 Å². The van der Waals surface area contributed by atoms with Crippen LogP contribution in [0.4, 0.5) is 0 Å². The summed E-state index contributed by atoms with van der Waals surface area (Å²) in [7, 11) is 1.90. The number of hydrogen-bond donors (Lipinski definition) is 1. The molecule has 1 aromatic carbocycles. The van der Waals surface area contributed by atoms with E-state index >= 15 is 0 Å². The number of benzene rings is 1. The molecule has 1 atom stereocenters. The van der Waals surface area contributed by atoms with Gasteiger partial charge in [0.15, 0.2) is 0 Å². The van der Waals surface area contributed by atoms with E-state index in [0.717, 1.165) is 11.3 Å². The highest BCUT2D eigenvalue weighted by Gasteiger charge is 2.28. The molecule has 0 radical (unpaired) electrons. The van der Waals surface area contributed by atoms with Gasteiger partial charge in [-0.1, -0.05) is 44.2 Å². The van der Waals surface area contributed by atoms with Crippen molar-refractivity contribution < 1.29 is 9.90 Å². The van der Waals surface area contributed by atoms with Gasteiger partial charge in [-0.3, -0.25) is 4.79 Å². The number of aromatic nitrogens is 2. The predicted molar refractivity (Wildman–Crippen MR) is 89.7 cm³/mol. The number of imidazole rings is 1. The van der Waals surface area contributed by atoms with Crippen molar-refractivity contribution in [2.75, 3.05) is 13.2 Å². The van der Waals surface area contributed by atoms with E-state index in [0.29, 0.717) is 13.1 Å². The second-order valence-corrected chi connectivity index (χ2v) is 6.11. The molecule has 124 valence electrons. The summed E-state index contributed by atoms with van der Waals surface area (Å²) in [5.41, 5.74) is 1.96. The maximum Gasteiger partial charge on any atom is 0.230 e. The molecule has 1 heterocycles. The third-order valence-electron chi connectivity index (χ3n) is 4.04. The lowest BCUT2D eigenvalue weighted by atomic mass is 9.87. The average molecular weight is 315 g/mol. The van der Waals surface area contributed by atoms with Crippen LogP contribution in [0.15, 0.2) is 42.9 Å². The molecule has 5 nitrogen and oxygen atoms in total. The zero-order valence-electron chi connectivity index (χ0n) is 14.0. The largest absolute Gasteiger partial charge is 0.395 e. The van der Waals surface area contributed by atoms with Crippen LogP contribution in [0.1, 0.15) is 31.0 Å². The molecule has 0 bridgehead atoms. The second kappa shape index (κ2) is 7.92. The Kier molecular flexibility index (Phi) is 5.93. The van der Waals surface area contributed by atoms with Crippen molar-refractivity contribution in [1.29, 1.82) is 0 Å². The molecule has 0 aliphatic heterocycles. The van der Waals surface area contributed by atoms with Crippen molar-refractivity contribution in [1.82, 2.24) is 14.5 Å². The number of aliphatic hydroxyl groups is 1. The number of rotatable bonds is 7. The number of aliphatic hydroxyl groups excluding tert-OH is 1. The smallest absolute Gasteiger partial charge is 0.230 e. The monoisotopic (exact) mass is 315 g/mol. The first kappa shape index (κ1) is 17.2. The molecule has 23 heavy (non-hydrogen) atoms. The first-order valence-electron chi connectivity index (χ1n) is 7.94. The summed E-state index contributed by atoms with van der Waals surface area (Å²) < 4.78 is 1.89. The number of carbonyl (C=O) groups is 1. The van der Waals surface area contributed by atoms with E-state index in [-0.39, 0.29) is 24.3 Å². The Morgan fingerprint density at radius 3 is 2.52 bits per heavy atom. The van der Waals surface area contributed by atoms with Crippen molar-refractivity contribution in [2.45, 2.75) is 26.3 Å². The number of amides is 1. The van der Waals surface area contributed by atoms with Crippen LogP contribution in [0, 0.1) is 5.92 Å². The van der Waals surface area contributed by atoms with Gasteiger partial charge in [0.2, 0.25) is 5.91 Å². The first-order valence-corrected chi connectivity index (χ1v) is 7.94. The Morgan fingerprint density at radius 2 is 2.00 bits per heavy atom. The van der Waals surface area contributed by atoms with Gasteiger partial charge in [0.1, 0.15) is 0 Å². The van der Waals surface area contributed by atoms with Gasteiger partial charge in [-0.25, -0.2) is 4.98 Å². The molecule has 0 spiro atoms. The fourth-order valence-corrected chi connectivity index (χ4v) is 2.79. The Hall–Kier alpha value is -2.14. The van der Waals surface area contributed by atoms with Crippen molar-refractivity contribution in [3.63, 3.8) is 0 Å². The van der Waals surface area contributed by atoms with Crippen LogP contribution in [0.25, 0.3) is 0 Å². The van der Waals surface area contributed by atoms with E-state index in [1.54, 1.807) is 17.4 Å². The van der Waals surface area contributed by atoms with Gasteiger partial charge in [-0.2, -0.15) is 0 Å². The van der Waals surface area contributed by atoms with Crippen LogP contribution in [0.3, 0.4) is 0 Å². The fraction of sp³-hybridized carbons (Fsp3) is 0.444. The summed E-state index contributed by atoms with van der Waals surface area (Å²) in [6.07, 6.45) is 3.47. The van der Waals surface area contributed by atoms with Crippen molar-refractivity contribution in [2.24, 2.45) is 13.0 Å². The quantitative estimate of drug-likeness (QED) is 0.852. The van der Waals surface area contributed by atoms with E-state index in [1.165, 1.54) is 0 Å². The van der Waals surface area contributed by atoms with Gasteiger partial charge < -0.3 is 14.6 Å². The van der Waals surface area contributed by atoms with Crippen LogP contribution >= 0.6 is 0 Å². The molecule has 0 saturated heterocycles. The van der Waals surface area contributed by atoms with Crippen LogP contribution in [-0.2, 0) is 18.4 Å². The standard InChI is InChI=1S/C18H25N3O2/c1-14(2)17(15-7-5-4-6-8-15)18(23)21(9-10-22)12-16-11-19-13-20(16)3/h4-8,11,13-14,17,22H,9-10,12H2,1-3H3. The highest BCUT2D eigenvalue weighted by Crippen LogP contribution is 2.27. The lowest BCUT2D eigenvalue weighted by molar-refractivity contribution is -0.135. The Balaban J connectivity index is 2.25. The molecule has 0 aliphatic carbocycles. The van der Waals surface area contributed by atoms with Gasteiger partial charge in [0, 0.05) is 19.8 Å². The summed E-state index contributed by atoms with van der Waals surface area (Å²) >= 11 is 0. The lowest BCUT2D eigenvalue weighted by Gasteiger charge is -2.29. The summed E-state index contributed by atoms with van der Waals surface area (Å²) in [5, 5.41) is 9.36. The van der Waals surface area contributed by atoms with Crippen LogP contribution < -0.4 is 0 Å². The minimum atomic E-state index is -0.212. The Labute approximate surface area is 137 Å². The van der Waals surface area contributed by atoms with Gasteiger partial charge in [0.05, 0.1) is 31.1 Å². The highest BCUT2D eigenvalue weighted by atomic mass is 16.3. The maximum atomic E-state index is 13.1. The minimum absolute atomic E-state index is 0.0430. The Bertz CT molecular complexity index is 622. The molecule has 1 N–H and O–H groups in total. The van der Waals surface area contributed by atoms with Gasteiger partial charge in [0.25, 0.3) is 0 Å². The number of hydrogen-bond acceptors (Lipinski definition) is 3. The summed E-state index contributed by atoms with van der Waals surface area (Å²) in [5.74, 6) is 0.00931. The third-order valence-corrected chi connectivity index (χ3v) is 4.04. The normalized spacial score (nSPS) is 12.4. The lowest BCUT2D eigenvalue weighted by Crippen LogP contribution is -2.38. The van der Waals surface area contributed by atoms with E-state index in [4.69, 9.17) is 0 Å². The maximum absolute atomic E-state index is 13.1. The SMILES string of the molecule is CC(C)C(C(=O)N(CCO)Cc1cncn1C)c1ccccc1. The molecule has 1 unspecified atom stereocenters. The summed E-state index contributed by atoms with van der Waals surface area (Å²) in [4.78, 5) is 18.9. The number of carbonyl (C=O) groups excluding carboxylic acids is 1. The zero-order valence-corrected chi connectivity index (χ0v) is 14.0. The van der Waals surface area contributed by atoms with Gasteiger partial charge >= 0.3 is 0 Å². The molecule has 0 aliphatic rings. The second-order valence-electron chi connectivity index (χ2n) is 6.11. The molecule has 0 fully saturated rings. The first-order chi connectivity index (χ1) is 11.0. The predicted octanol–water partition coefficient (Wildman–Crippen LogP) is 2.18. The summed E-state index contributed by atoms with van der Waals surface area (Å²) in [6, 6.07) is 9.84. The fourth-order valence-electron chi connectivity index (χ4n) is 2.79. The van der Waals surface area contributed by atoms with Crippen molar-refractivity contribution in [3.8, 4) is 0 Å². The van der Waals surface area contributed by atoms with E-state index in [2.05, 4.69) is 18.8 Å². The molecular formula is C18H25N3O2. The van der Waals surface area contributed by atoms with Crippen molar-refractivity contribution in [3.05, 3.63) is 54.1 Å². The zero-order chi connectivity index (χ0) is 16.8. The Morgan fingerprint density at radius 1 is 1.30 bits per heavy atom.